The Balaban J connectivity index is 1.67. The lowest BCUT2D eigenvalue weighted by atomic mass is 10.1. The van der Waals surface area contributed by atoms with Crippen LogP contribution in [-0.2, 0) is 6.42 Å². The molecule has 0 saturated heterocycles. The zero-order chi connectivity index (χ0) is 16.4. The second-order valence-corrected chi connectivity index (χ2v) is 6.46. The molecule has 6 heteroatoms. The maximum absolute atomic E-state index is 9.58. The Labute approximate surface area is 143 Å². The monoisotopic (exact) mass is 374 g/mol. The first kappa shape index (κ1) is 16.0. The summed E-state index contributed by atoms with van der Waals surface area (Å²) in [5.74, 6) is 0.292. The smallest absolute Gasteiger partial charge is 0.155 e. The SMILES string of the molecule is Cc1c(C(C)NCCc2cc(O)ccc2Br)cnc2ccnn12. The molecule has 0 amide bonds. The van der Waals surface area contributed by atoms with Gasteiger partial charge in [-0.2, -0.15) is 5.10 Å². The van der Waals surface area contributed by atoms with Crippen LogP contribution in [-0.4, -0.2) is 26.2 Å². The molecule has 1 aromatic carbocycles. The third-order valence-corrected chi connectivity index (χ3v) is 4.81. The molecule has 2 heterocycles. The predicted octanol–water partition coefficient (Wildman–Crippen LogP) is 3.40. The van der Waals surface area contributed by atoms with E-state index in [1.807, 2.05) is 22.8 Å². The number of aromatic nitrogens is 3. The standard InChI is InChI=1S/C17H19BrN4O/c1-11(15-10-20-17-6-8-21-22(17)12(15)2)19-7-5-13-9-14(23)3-4-16(13)18/h3-4,6,8-11,19,23H,5,7H2,1-2H3. The number of hydrogen-bond acceptors (Lipinski definition) is 4. The number of aryl methyl sites for hydroxylation is 1. The first-order valence-electron chi connectivity index (χ1n) is 7.56. The molecule has 3 aromatic rings. The van der Waals surface area contributed by atoms with E-state index >= 15 is 0 Å². The molecule has 0 aliphatic heterocycles. The minimum Gasteiger partial charge on any atom is -0.508 e. The van der Waals surface area contributed by atoms with Gasteiger partial charge in [0, 0.05) is 34.0 Å². The van der Waals surface area contributed by atoms with Gasteiger partial charge in [-0.3, -0.25) is 0 Å². The predicted molar refractivity (Wildman–Crippen MR) is 93.7 cm³/mol. The molecule has 0 aliphatic carbocycles. The van der Waals surface area contributed by atoms with Crippen molar-refractivity contribution >= 4 is 21.6 Å². The fraction of sp³-hybridized carbons (Fsp3) is 0.294. The number of fused-ring (bicyclic) bond motifs is 1. The van der Waals surface area contributed by atoms with E-state index < -0.39 is 0 Å². The highest BCUT2D eigenvalue weighted by Gasteiger charge is 2.12. The average Bonchev–Trinajstić information content (AvgIpc) is 3.00. The van der Waals surface area contributed by atoms with E-state index in [2.05, 4.69) is 45.2 Å². The van der Waals surface area contributed by atoms with Gasteiger partial charge in [-0.15, -0.1) is 0 Å². The summed E-state index contributed by atoms with van der Waals surface area (Å²) in [6, 6.07) is 7.41. The fourth-order valence-electron chi connectivity index (χ4n) is 2.72. The maximum Gasteiger partial charge on any atom is 0.155 e. The molecule has 0 saturated carbocycles. The van der Waals surface area contributed by atoms with Gasteiger partial charge in [0.2, 0.25) is 0 Å². The Hall–Kier alpha value is -1.92. The maximum atomic E-state index is 9.58. The molecule has 0 radical (unpaired) electrons. The van der Waals surface area contributed by atoms with Gasteiger partial charge in [0.05, 0.1) is 6.20 Å². The van der Waals surface area contributed by atoms with Crippen LogP contribution in [0, 0.1) is 6.92 Å². The summed E-state index contributed by atoms with van der Waals surface area (Å²) in [7, 11) is 0. The average molecular weight is 375 g/mol. The Bertz CT molecular complexity index is 831. The number of hydrogen-bond donors (Lipinski definition) is 2. The number of aromatic hydroxyl groups is 1. The van der Waals surface area contributed by atoms with Gasteiger partial charge in [-0.1, -0.05) is 15.9 Å². The summed E-state index contributed by atoms with van der Waals surface area (Å²) >= 11 is 3.52. The van der Waals surface area contributed by atoms with Crippen molar-refractivity contribution in [2.24, 2.45) is 0 Å². The molecule has 2 aromatic heterocycles. The topological polar surface area (TPSA) is 62.5 Å². The lowest BCUT2D eigenvalue weighted by Crippen LogP contribution is -2.23. The van der Waals surface area contributed by atoms with Gasteiger partial charge in [0.25, 0.3) is 0 Å². The summed E-state index contributed by atoms with van der Waals surface area (Å²) in [6.07, 6.45) is 4.50. The number of benzene rings is 1. The van der Waals surface area contributed by atoms with E-state index in [0.717, 1.165) is 39.9 Å². The van der Waals surface area contributed by atoms with Gasteiger partial charge in [-0.25, -0.2) is 9.50 Å². The van der Waals surface area contributed by atoms with Gasteiger partial charge in [0.1, 0.15) is 5.75 Å². The van der Waals surface area contributed by atoms with Gasteiger partial charge < -0.3 is 10.4 Å². The summed E-state index contributed by atoms with van der Waals surface area (Å²) in [5.41, 5.74) is 4.18. The quantitative estimate of drug-likeness (QED) is 0.718. The molecule has 23 heavy (non-hydrogen) atoms. The minimum atomic E-state index is 0.173. The van der Waals surface area contributed by atoms with E-state index in [0.29, 0.717) is 5.75 Å². The normalized spacial score (nSPS) is 12.7. The van der Waals surface area contributed by atoms with Crippen LogP contribution in [0.4, 0.5) is 0 Å². The first-order valence-corrected chi connectivity index (χ1v) is 8.35. The lowest BCUT2D eigenvalue weighted by molar-refractivity contribution is 0.474. The van der Waals surface area contributed by atoms with Crippen LogP contribution in [0.15, 0.2) is 41.1 Å². The van der Waals surface area contributed by atoms with Crippen molar-refractivity contribution in [2.75, 3.05) is 6.54 Å². The molecular weight excluding hydrogens is 356 g/mol. The van der Waals surface area contributed by atoms with Gasteiger partial charge in [0.15, 0.2) is 5.65 Å². The fourth-order valence-corrected chi connectivity index (χ4v) is 3.16. The third kappa shape index (κ3) is 3.38. The molecule has 0 aliphatic rings. The van der Waals surface area contributed by atoms with Crippen LogP contribution in [0.25, 0.3) is 5.65 Å². The number of phenols is 1. The second kappa shape index (κ2) is 6.68. The molecular formula is C17H19BrN4O. The highest BCUT2D eigenvalue weighted by molar-refractivity contribution is 9.10. The van der Waals surface area contributed by atoms with Crippen LogP contribution in [0.3, 0.4) is 0 Å². The van der Waals surface area contributed by atoms with E-state index in [9.17, 15) is 5.11 Å². The van der Waals surface area contributed by atoms with Crippen molar-refractivity contribution < 1.29 is 5.11 Å². The number of halogens is 1. The van der Waals surface area contributed by atoms with Crippen LogP contribution in [0.2, 0.25) is 0 Å². The summed E-state index contributed by atoms with van der Waals surface area (Å²) in [6.45, 7) is 4.98. The van der Waals surface area contributed by atoms with Crippen LogP contribution in [0.1, 0.15) is 29.8 Å². The summed E-state index contributed by atoms with van der Waals surface area (Å²) in [5, 5.41) is 17.4. The number of phenolic OH excluding ortho intramolecular Hbond substituents is 1. The Morgan fingerprint density at radius 1 is 1.35 bits per heavy atom. The minimum absolute atomic E-state index is 0.173. The highest BCUT2D eigenvalue weighted by atomic mass is 79.9. The zero-order valence-corrected chi connectivity index (χ0v) is 14.7. The van der Waals surface area contributed by atoms with Crippen molar-refractivity contribution in [3.8, 4) is 5.75 Å². The van der Waals surface area contributed by atoms with E-state index in [4.69, 9.17) is 0 Å². The molecule has 2 N–H and O–H groups in total. The van der Waals surface area contributed by atoms with Crippen molar-refractivity contribution in [1.82, 2.24) is 19.9 Å². The molecule has 0 bridgehead atoms. The van der Waals surface area contributed by atoms with Crippen molar-refractivity contribution in [1.29, 1.82) is 0 Å². The summed E-state index contributed by atoms with van der Waals surface area (Å²) < 4.78 is 2.87. The van der Waals surface area contributed by atoms with E-state index in [-0.39, 0.29) is 6.04 Å². The zero-order valence-electron chi connectivity index (χ0n) is 13.1. The Morgan fingerprint density at radius 3 is 3.00 bits per heavy atom. The molecule has 0 spiro atoms. The first-order chi connectivity index (χ1) is 11.1. The Kier molecular flexibility index (Phi) is 4.63. The Morgan fingerprint density at radius 2 is 2.17 bits per heavy atom. The largest absolute Gasteiger partial charge is 0.508 e. The second-order valence-electron chi connectivity index (χ2n) is 5.60. The number of nitrogens with zero attached hydrogens (tertiary/aromatic N) is 3. The van der Waals surface area contributed by atoms with Crippen molar-refractivity contribution in [2.45, 2.75) is 26.3 Å². The van der Waals surface area contributed by atoms with Gasteiger partial charge >= 0.3 is 0 Å². The van der Waals surface area contributed by atoms with Gasteiger partial charge in [-0.05, 0) is 50.6 Å². The molecule has 5 nitrogen and oxygen atoms in total. The van der Waals surface area contributed by atoms with Crippen LogP contribution < -0.4 is 5.32 Å². The van der Waals surface area contributed by atoms with E-state index in [1.165, 1.54) is 0 Å². The number of nitrogens with one attached hydrogen (secondary N) is 1. The lowest BCUT2D eigenvalue weighted by Gasteiger charge is -2.17. The molecule has 0 fully saturated rings. The molecule has 1 atom stereocenters. The van der Waals surface area contributed by atoms with Crippen LogP contribution in [0.5, 0.6) is 5.75 Å². The molecule has 1 unspecified atom stereocenters. The number of rotatable bonds is 5. The summed E-state index contributed by atoms with van der Waals surface area (Å²) in [4.78, 5) is 4.43. The van der Waals surface area contributed by atoms with Crippen LogP contribution >= 0.6 is 15.9 Å². The molecule has 3 rings (SSSR count). The molecule has 120 valence electrons. The highest BCUT2D eigenvalue weighted by Crippen LogP contribution is 2.22. The van der Waals surface area contributed by atoms with Crippen molar-refractivity contribution in [3.63, 3.8) is 0 Å². The van der Waals surface area contributed by atoms with E-state index in [1.54, 1.807) is 18.3 Å². The third-order valence-electron chi connectivity index (χ3n) is 4.03. The van der Waals surface area contributed by atoms with Crippen molar-refractivity contribution in [3.05, 3.63) is 58.0 Å².